The van der Waals surface area contributed by atoms with Crippen molar-refractivity contribution < 1.29 is 18.7 Å². The third-order valence-electron chi connectivity index (χ3n) is 3.34. The van der Waals surface area contributed by atoms with E-state index in [1.54, 1.807) is 48.5 Å². The molecule has 25 heavy (non-hydrogen) atoms. The molecule has 2 amide bonds. The largest absolute Gasteiger partial charge is 0.453 e. The van der Waals surface area contributed by atoms with Crippen molar-refractivity contribution in [3.8, 4) is 11.5 Å². The van der Waals surface area contributed by atoms with Crippen molar-refractivity contribution in [1.82, 2.24) is 10.2 Å². The van der Waals surface area contributed by atoms with Crippen LogP contribution in [0, 0.1) is 0 Å². The van der Waals surface area contributed by atoms with Crippen molar-refractivity contribution in [2.45, 2.75) is 0 Å². The van der Waals surface area contributed by atoms with Gasteiger partial charge in [0.15, 0.2) is 0 Å². The van der Waals surface area contributed by atoms with Crippen LogP contribution in [-0.2, 0) is 4.74 Å². The molecule has 2 N–H and O–H groups in total. The van der Waals surface area contributed by atoms with E-state index in [1.165, 1.54) is 13.5 Å². The minimum absolute atomic E-state index is 0.314. The molecule has 0 bridgehead atoms. The number of amides is 2. The van der Waals surface area contributed by atoms with Gasteiger partial charge in [-0.3, -0.25) is 10.1 Å². The molecule has 0 aliphatic rings. The van der Waals surface area contributed by atoms with Crippen molar-refractivity contribution >= 4 is 23.4 Å². The molecule has 0 aliphatic carbocycles. The molecule has 0 radical (unpaired) electrons. The Kier molecular flexibility index (Phi) is 4.70. The average molecular weight is 338 g/mol. The van der Waals surface area contributed by atoms with Gasteiger partial charge in [0.25, 0.3) is 5.91 Å². The van der Waals surface area contributed by atoms with Crippen LogP contribution >= 0.6 is 0 Å². The molecule has 0 atom stereocenters. The number of para-hydroxylation sites is 1. The number of nitrogens with one attached hydrogen (secondary N) is 2. The summed E-state index contributed by atoms with van der Waals surface area (Å²) in [5.41, 5.74) is 1.99. The topological polar surface area (TPSA) is 106 Å². The molecular weight excluding hydrogens is 324 g/mol. The minimum Gasteiger partial charge on any atom is -0.453 e. The van der Waals surface area contributed by atoms with Crippen molar-refractivity contribution in [3.63, 3.8) is 0 Å². The molecule has 126 valence electrons. The van der Waals surface area contributed by atoms with E-state index >= 15 is 0 Å². The van der Waals surface area contributed by atoms with Crippen LogP contribution in [0.25, 0.3) is 11.5 Å². The summed E-state index contributed by atoms with van der Waals surface area (Å²) in [6, 6.07) is 13.6. The van der Waals surface area contributed by atoms with Crippen molar-refractivity contribution in [3.05, 3.63) is 60.5 Å². The highest BCUT2D eigenvalue weighted by Crippen LogP contribution is 2.21. The van der Waals surface area contributed by atoms with Crippen molar-refractivity contribution in [1.29, 1.82) is 0 Å². The van der Waals surface area contributed by atoms with Gasteiger partial charge in [-0.1, -0.05) is 12.1 Å². The molecule has 1 heterocycles. The number of benzene rings is 2. The highest BCUT2D eigenvalue weighted by atomic mass is 16.5. The van der Waals surface area contributed by atoms with E-state index in [1.807, 2.05) is 0 Å². The summed E-state index contributed by atoms with van der Waals surface area (Å²) in [5.74, 6) is 0.0306. The van der Waals surface area contributed by atoms with Gasteiger partial charge in [-0.05, 0) is 36.4 Å². The fourth-order valence-electron chi connectivity index (χ4n) is 2.14. The third-order valence-corrected chi connectivity index (χ3v) is 3.34. The zero-order chi connectivity index (χ0) is 17.6. The number of nitrogens with zero attached hydrogens (tertiary/aromatic N) is 2. The van der Waals surface area contributed by atoms with Gasteiger partial charge in [-0.15, -0.1) is 10.2 Å². The summed E-state index contributed by atoms with van der Waals surface area (Å²) in [5, 5.41) is 12.7. The lowest BCUT2D eigenvalue weighted by Gasteiger charge is -2.11. The number of carbonyl (C=O) groups is 2. The van der Waals surface area contributed by atoms with E-state index in [9.17, 15) is 9.59 Å². The van der Waals surface area contributed by atoms with Crippen LogP contribution in [0.5, 0.6) is 0 Å². The first-order valence-corrected chi connectivity index (χ1v) is 7.29. The summed E-state index contributed by atoms with van der Waals surface area (Å²) in [4.78, 5) is 23.9. The summed E-state index contributed by atoms with van der Waals surface area (Å²) in [7, 11) is 1.25. The van der Waals surface area contributed by atoms with Gasteiger partial charge < -0.3 is 14.5 Å². The molecule has 2 aromatic carbocycles. The summed E-state index contributed by atoms with van der Waals surface area (Å²) >= 11 is 0. The van der Waals surface area contributed by atoms with Gasteiger partial charge in [-0.2, -0.15) is 0 Å². The average Bonchev–Trinajstić information content (AvgIpc) is 3.17. The minimum atomic E-state index is -0.649. The van der Waals surface area contributed by atoms with Crippen LogP contribution in [-0.4, -0.2) is 29.3 Å². The first-order chi connectivity index (χ1) is 12.2. The number of hydrogen-bond acceptors (Lipinski definition) is 6. The van der Waals surface area contributed by atoms with E-state index in [0.29, 0.717) is 22.8 Å². The predicted molar refractivity (Wildman–Crippen MR) is 90.2 cm³/mol. The summed E-state index contributed by atoms with van der Waals surface area (Å²) < 4.78 is 9.67. The van der Waals surface area contributed by atoms with Gasteiger partial charge >= 0.3 is 6.09 Å². The fraction of sp³-hybridized carbons (Fsp3) is 0.0588. The van der Waals surface area contributed by atoms with Gasteiger partial charge in [0.05, 0.1) is 18.4 Å². The van der Waals surface area contributed by atoms with Crippen molar-refractivity contribution in [2.24, 2.45) is 0 Å². The highest BCUT2D eigenvalue weighted by molar-refractivity contribution is 6.09. The monoisotopic (exact) mass is 338 g/mol. The van der Waals surface area contributed by atoms with Crippen LogP contribution in [0.1, 0.15) is 10.4 Å². The molecule has 3 rings (SSSR count). The normalized spacial score (nSPS) is 10.1. The molecule has 0 saturated carbocycles. The summed E-state index contributed by atoms with van der Waals surface area (Å²) in [6.45, 7) is 0. The van der Waals surface area contributed by atoms with Crippen LogP contribution in [0.4, 0.5) is 16.2 Å². The predicted octanol–water partition coefficient (Wildman–Crippen LogP) is 3.17. The molecule has 8 heteroatoms. The second-order valence-electron chi connectivity index (χ2n) is 4.94. The van der Waals surface area contributed by atoms with Crippen molar-refractivity contribution in [2.75, 3.05) is 17.7 Å². The van der Waals surface area contributed by atoms with Gasteiger partial charge in [0.1, 0.15) is 0 Å². The number of anilines is 2. The summed E-state index contributed by atoms with van der Waals surface area (Å²) in [6.07, 6.45) is 0.597. The maximum absolute atomic E-state index is 12.5. The van der Waals surface area contributed by atoms with E-state index in [-0.39, 0.29) is 5.91 Å². The standard InChI is InChI=1S/C17H14N4O4/c1-24-17(23)20-14-5-3-2-4-13(14)15(22)19-12-8-6-11(7-9-12)16-21-18-10-25-16/h2-10H,1H3,(H,19,22)(H,20,23). The van der Waals surface area contributed by atoms with Crippen LogP contribution in [0.2, 0.25) is 0 Å². The Morgan fingerprint density at radius 1 is 1.04 bits per heavy atom. The molecule has 0 unspecified atom stereocenters. The quantitative estimate of drug-likeness (QED) is 0.757. The smallest absolute Gasteiger partial charge is 0.411 e. The Morgan fingerprint density at radius 3 is 2.48 bits per heavy atom. The third kappa shape index (κ3) is 3.81. The number of ether oxygens (including phenoxy) is 1. The van der Waals surface area contributed by atoms with Gasteiger partial charge in [0.2, 0.25) is 12.3 Å². The zero-order valence-electron chi connectivity index (χ0n) is 13.2. The number of rotatable bonds is 4. The van der Waals surface area contributed by atoms with E-state index in [2.05, 4.69) is 25.6 Å². The lowest BCUT2D eigenvalue weighted by atomic mass is 10.1. The SMILES string of the molecule is COC(=O)Nc1ccccc1C(=O)Nc1ccc(-c2nnco2)cc1. The van der Waals surface area contributed by atoms with Crippen LogP contribution in [0.3, 0.4) is 0 Å². The number of carbonyl (C=O) groups excluding carboxylic acids is 2. The first kappa shape index (κ1) is 16.2. The van der Waals surface area contributed by atoms with Crippen LogP contribution < -0.4 is 10.6 Å². The number of aromatic nitrogens is 2. The maximum Gasteiger partial charge on any atom is 0.411 e. The molecule has 1 aromatic heterocycles. The Labute approximate surface area is 142 Å². The molecule has 0 aliphatic heterocycles. The second kappa shape index (κ2) is 7.26. The van der Waals surface area contributed by atoms with E-state index in [4.69, 9.17) is 4.42 Å². The number of hydrogen-bond donors (Lipinski definition) is 2. The Balaban J connectivity index is 1.75. The van der Waals surface area contributed by atoms with Gasteiger partial charge in [0, 0.05) is 11.3 Å². The number of methoxy groups -OCH3 is 1. The lowest BCUT2D eigenvalue weighted by Crippen LogP contribution is -2.18. The zero-order valence-corrected chi connectivity index (χ0v) is 13.2. The Morgan fingerprint density at radius 2 is 1.80 bits per heavy atom. The Hall–Kier alpha value is -3.68. The maximum atomic E-state index is 12.5. The molecule has 0 fully saturated rings. The first-order valence-electron chi connectivity index (χ1n) is 7.29. The molecule has 0 spiro atoms. The highest BCUT2D eigenvalue weighted by Gasteiger charge is 2.13. The molecule has 3 aromatic rings. The lowest BCUT2D eigenvalue weighted by molar-refractivity contribution is 0.102. The molecule has 0 saturated heterocycles. The van der Waals surface area contributed by atoms with Gasteiger partial charge in [-0.25, -0.2) is 4.79 Å². The molecular formula is C17H14N4O4. The van der Waals surface area contributed by atoms with Crippen LogP contribution in [0.15, 0.2) is 59.3 Å². The Bertz CT molecular complexity index is 876. The van der Waals surface area contributed by atoms with E-state index in [0.717, 1.165) is 5.56 Å². The van der Waals surface area contributed by atoms with E-state index < -0.39 is 6.09 Å². The molecule has 8 nitrogen and oxygen atoms in total. The second-order valence-corrected chi connectivity index (χ2v) is 4.94. The fourth-order valence-corrected chi connectivity index (χ4v) is 2.14.